The number of halogens is 2. The fourth-order valence-electron chi connectivity index (χ4n) is 1.96. The first kappa shape index (κ1) is 20.0. The third-order valence-corrected chi connectivity index (χ3v) is 5.08. The maximum Gasteiger partial charge on any atom is 0.221 e. The van der Waals surface area contributed by atoms with Gasteiger partial charge in [0.2, 0.25) is 5.91 Å². The predicted octanol–water partition coefficient (Wildman–Crippen LogP) is 2.31. The number of rotatable bonds is 4. The van der Waals surface area contributed by atoms with Crippen molar-refractivity contribution in [3.63, 3.8) is 0 Å². The number of hydrogen-bond donors (Lipinski definition) is 2. The van der Waals surface area contributed by atoms with E-state index in [0.717, 1.165) is 33.6 Å². The first-order valence-corrected chi connectivity index (χ1v) is 8.13. The minimum absolute atomic E-state index is 0. The predicted molar refractivity (Wildman–Crippen MR) is 91.7 cm³/mol. The molecule has 0 aromatic carbocycles. The summed E-state index contributed by atoms with van der Waals surface area (Å²) in [6, 6.07) is 0.327. The van der Waals surface area contributed by atoms with E-state index in [1.54, 1.807) is 11.3 Å². The van der Waals surface area contributed by atoms with Crippen molar-refractivity contribution in [2.75, 3.05) is 18.1 Å². The Labute approximate surface area is 140 Å². The van der Waals surface area contributed by atoms with Crippen molar-refractivity contribution in [2.45, 2.75) is 32.9 Å². The van der Waals surface area contributed by atoms with Gasteiger partial charge in [-0.2, -0.15) is 11.8 Å². The first-order chi connectivity index (χ1) is 8.65. The van der Waals surface area contributed by atoms with Gasteiger partial charge in [0.1, 0.15) is 0 Å². The third kappa shape index (κ3) is 6.18. The summed E-state index contributed by atoms with van der Waals surface area (Å²) in [5.41, 5.74) is 1.03. The van der Waals surface area contributed by atoms with E-state index in [2.05, 4.69) is 15.6 Å². The van der Waals surface area contributed by atoms with Crippen LogP contribution in [0.4, 0.5) is 0 Å². The van der Waals surface area contributed by atoms with Crippen LogP contribution in [0.5, 0.6) is 0 Å². The lowest BCUT2D eigenvalue weighted by Gasteiger charge is -2.22. The molecule has 0 radical (unpaired) electrons. The zero-order chi connectivity index (χ0) is 13.0. The number of carbonyl (C=O) groups is 1. The Hall–Kier alpha value is -0.0100. The van der Waals surface area contributed by atoms with Crippen LogP contribution in [-0.2, 0) is 11.3 Å². The first-order valence-electron chi connectivity index (χ1n) is 6.16. The van der Waals surface area contributed by atoms with Crippen LogP contribution in [0.25, 0.3) is 0 Å². The molecular weight excluding hydrogens is 337 g/mol. The number of nitrogens with zero attached hydrogens (tertiary/aromatic N) is 1. The summed E-state index contributed by atoms with van der Waals surface area (Å²) in [4.78, 5) is 17.3. The Balaban J connectivity index is 0.00000180. The highest BCUT2D eigenvalue weighted by atomic mass is 35.5. The van der Waals surface area contributed by atoms with Gasteiger partial charge in [0.05, 0.1) is 17.2 Å². The third-order valence-electron chi connectivity index (χ3n) is 2.88. The molecule has 1 fully saturated rings. The zero-order valence-corrected chi connectivity index (χ0v) is 14.9. The smallest absolute Gasteiger partial charge is 0.221 e. The minimum atomic E-state index is 0. The van der Waals surface area contributed by atoms with E-state index in [1.165, 1.54) is 0 Å². The Bertz CT molecular complexity index is 423. The van der Waals surface area contributed by atoms with Crippen LogP contribution < -0.4 is 10.6 Å². The molecule has 2 heterocycles. The largest absolute Gasteiger partial charge is 0.351 e. The van der Waals surface area contributed by atoms with Gasteiger partial charge in [-0.15, -0.1) is 36.2 Å². The van der Waals surface area contributed by atoms with E-state index in [-0.39, 0.29) is 30.7 Å². The maximum absolute atomic E-state index is 11.8. The van der Waals surface area contributed by atoms with Crippen LogP contribution in [0.1, 0.15) is 22.0 Å². The number of aromatic nitrogens is 1. The normalized spacial score (nSPS) is 17.8. The molecule has 1 saturated heterocycles. The average Bonchev–Trinajstić information content (AvgIpc) is 2.66. The Morgan fingerprint density at radius 2 is 2.20 bits per heavy atom. The molecule has 2 N–H and O–H groups in total. The molecule has 0 bridgehead atoms. The quantitative estimate of drug-likeness (QED) is 0.867. The topological polar surface area (TPSA) is 54.0 Å². The number of carbonyl (C=O) groups excluding carboxylic acids is 1. The van der Waals surface area contributed by atoms with E-state index in [0.29, 0.717) is 19.0 Å². The van der Waals surface area contributed by atoms with Gasteiger partial charge in [0.25, 0.3) is 0 Å². The number of amides is 1. The number of aryl methyl sites for hydroxylation is 2. The van der Waals surface area contributed by atoms with Crippen molar-refractivity contribution >= 4 is 53.8 Å². The monoisotopic (exact) mass is 357 g/mol. The summed E-state index contributed by atoms with van der Waals surface area (Å²) in [5.74, 6) is 2.31. The van der Waals surface area contributed by atoms with Crippen molar-refractivity contribution in [3.8, 4) is 0 Å². The highest BCUT2D eigenvalue weighted by Gasteiger charge is 2.16. The van der Waals surface area contributed by atoms with Gasteiger partial charge in [-0.3, -0.25) is 4.79 Å². The molecule has 2 rings (SSSR count). The minimum Gasteiger partial charge on any atom is -0.351 e. The molecule has 0 spiro atoms. The molecule has 1 aromatic heterocycles. The summed E-state index contributed by atoms with van der Waals surface area (Å²) < 4.78 is 0. The van der Waals surface area contributed by atoms with Crippen LogP contribution in [0.15, 0.2) is 0 Å². The van der Waals surface area contributed by atoms with Crippen LogP contribution in [-0.4, -0.2) is 35.0 Å². The standard InChI is InChI=1S/C12H19N3OS2.2ClH/c1-8-11(18-9(2)15-8)6-14-12(16)5-10-7-17-4-3-13-10;;/h10,13H,3-7H2,1-2H3,(H,14,16);2*1H. The Morgan fingerprint density at radius 1 is 1.45 bits per heavy atom. The summed E-state index contributed by atoms with van der Waals surface area (Å²) >= 11 is 3.57. The number of nitrogens with one attached hydrogen (secondary N) is 2. The molecule has 1 amide bonds. The molecule has 1 aromatic rings. The van der Waals surface area contributed by atoms with Crippen molar-refractivity contribution in [2.24, 2.45) is 0 Å². The lowest BCUT2D eigenvalue weighted by molar-refractivity contribution is -0.121. The van der Waals surface area contributed by atoms with Crippen molar-refractivity contribution in [3.05, 3.63) is 15.6 Å². The zero-order valence-electron chi connectivity index (χ0n) is 11.6. The molecular formula is C12H21Cl2N3OS2. The molecule has 0 saturated carbocycles. The molecule has 1 aliphatic rings. The Morgan fingerprint density at radius 3 is 2.75 bits per heavy atom. The molecule has 8 heteroatoms. The van der Waals surface area contributed by atoms with Gasteiger partial charge in [-0.05, 0) is 13.8 Å². The Kier molecular flexibility index (Phi) is 9.84. The van der Waals surface area contributed by atoms with Gasteiger partial charge in [0.15, 0.2) is 0 Å². The molecule has 1 aliphatic heterocycles. The van der Waals surface area contributed by atoms with Gasteiger partial charge in [-0.25, -0.2) is 4.98 Å². The second kappa shape index (κ2) is 9.84. The van der Waals surface area contributed by atoms with E-state index in [1.807, 2.05) is 25.6 Å². The van der Waals surface area contributed by atoms with Crippen molar-refractivity contribution in [1.82, 2.24) is 15.6 Å². The van der Waals surface area contributed by atoms with E-state index in [4.69, 9.17) is 0 Å². The SMILES string of the molecule is Cc1nc(C)c(CNC(=O)CC2CSCCN2)s1.Cl.Cl. The van der Waals surface area contributed by atoms with Crippen LogP contribution >= 0.6 is 47.9 Å². The summed E-state index contributed by atoms with van der Waals surface area (Å²) in [7, 11) is 0. The number of thioether (sulfide) groups is 1. The van der Waals surface area contributed by atoms with Gasteiger partial charge < -0.3 is 10.6 Å². The van der Waals surface area contributed by atoms with E-state index < -0.39 is 0 Å². The summed E-state index contributed by atoms with van der Waals surface area (Å²) in [5, 5.41) is 7.41. The van der Waals surface area contributed by atoms with Gasteiger partial charge >= 0.3 is 0 Å². The highest BCUT2D eigenvalue weighted by Crippen LogP contribution is 2.16. The molecule has 116 valence electrons. The fourth-order valence-corrected chi connectivity index (χ4v) is 3.79. The van der Waals surface area contributed by atoms with Gasteiger partial charge in [-0.1, -0.05) is 0 Å². The van der Waals surface area contributed by atoms with E-state index in [9.17, 15) is 4.79 Å². The molecule has 20 heavy (non-hydrogen) atoms. The maximum atomic E-state index is 11.8. The second-order valence-corrected chi connectivity index (χ2v) is 6.89. The van der Waals surface area contributed by atoms with Crippen LogP contribution in [0.3, 0.4) is 0 Å². The molecule has 0 aliphatic carbocycles. The van der Waals surface area contributed by atoms with Crippen molar-refractivity contribution < 1.29 is 4.79 Å². The summed E-state index contributed by atoms with van der Waals surface area (Å²) in [6.45, 7) is 5.60. The second-order valence-electron chi connectivity index (χ2n) is 4.45. The number of hydrogen-bond acceptors (Lipinski definition) is 5. The fraction of sp³-hybridized carbons (Fsp3) is 0.667. The van der Waals surface area contributed by atoms with E-state index >= 15 is 0 Å². The van der Waals surface area contributed by atoms with Crippen LogP contribution in [0, 0.1) is 13.8 Å². The van der Waals surface area contributed by atoms with Crippen molar-refractivity contribution in [1.29, 1.82) is 0 Å². The van der Waals surface area contributed by atoms with Crippen LogP contribution in [0.2, 0.25) is 0 Å². The number of thiazole rings is 1. The lowest BCUT2D eigenvalue weighted by atomic mass is 10.2. The summed E-state index contributed by atoms with van der Waals surface area (Å²) in [6.07, 6.45) is 0.573. The van der Waals surface area contributed by atoms with Gasteiger partial charge in [0, 0.05) is 35.4 Å². The highest BCUT2D eigenvalue weighted by molar-refractivity contribution is 7.99. The lowest BCUT2D eigenvalue weighted by Crippen LogP contribution is -2.41. The molecule has 1 atom stereocenters. The molecule has 4 nitrogen and oxygen atoms in total. The molecule has 1 unspecified atom stereocenters. The average molecular weight is 358 g/mol.